The highest BCUT2D eigenvalue weighted by atomic mass is 32.2. The van der Waals surface area contributed by atoms with Gasteiger partial charge in [-0.15, -0.1) is 0 Å². The summed E-state index contributed by atoms with van der Waals surface area (Å²) in [5.74, 6) is 0.252. The third kappa shape index (κ3) is 2.62. The minimum atomic E-state index is -3.15. The molecule has 2 unspecified atom stereocenters. The average molecular weight is 309 g/mol. The zero-order valence-electron chi connectivity index (χ0n) is 12.6. The van der Waals surface area contributed by atoms with Crippen LogP contribution in [-0.2, 0) is 14.6 Å². The standard InChI is InChI=1S/C16H23NO3S/c1-12(2)17-10-16(7-8-20-11-16)14-9-21(18,19)15-6-4-3-5-13(14)15/h3-6,12,14,17H,7-11H2,1-2H3. The smallest absolute Gasteiger partial charge is 0.179 e. The molecule has 2 aliphatic heterocycles. The summed E-state index contributed by atoms with van der Waals surface area (Å²) in [6.07, 6.45) is 0.918. The third-order valence-corrected chi connectivity index (χ3v) is 6.57. The summed E-state index contributed by atoms with van der Waals surface area (Å²) in [5.41, 5.74) is 0.873. The van der Waals surface area contributed by atoms with E-state index in [2.05, 4.69) is 19.2 Å². The van der Waals surface area contributed by atoms with Gasteiger partial charge in [0.2, 0.25) is 0 Å². The van der Waals surface area contributed by atoms with Crippen LogP contribution in [0.3, 0.4) is 0 Å². The van der Waals surface area contributed by atoms with Gasteiger partial charge < -0.3 is 10.1 Å². The lowest BCUT2D eigenvalue weighted by Gasteiger charge is -2.35. The molecule has 21 heavy (non-hydrogen) atoms. The quantitative estimate of drug-likeness (QED) is 0.924. The van der Waals surface area contributed by atoms with Crippen LogP contribution < -0.4 is 5.32 Å². The first-order valence-corrected chi connectivity index (χ1v) is 9.23. The molecule has 0 bridgehead atoms. The number of hydrogen-bond donors (Lipinski definition) is 1. The summed E-state index contributed by atoms with van der Waals surface area (Å²) < 4.78 is 30.5. The van der Waals surface area contributed by atoms with Crippen LogP contribution in [-0.4, -0.2) is 40.0 Å². The van der Waals surface area contributed by atoms with Gasteiger partial charge in [-0.2, -0.15) is 0 Å². The maximum absolute atomic E-state index is 12.4. The number of benzene rings is 1. The molecule has 0 radical (unpaired) electrons. The van der Waals surface area contributed by atoms with Crippen molar-refractivity contribution < 1.29 is 13.2 Å². The maximum atomic E-state index is 12.4. The van der Waals surface area contributed by atoms with Gasteiger partial charge in [0.1, 0.15) is 0 Å². The summed E-state index contributed by atoms with van der Waals surface area (Å²) in [7, 11) is -3.15. The summed E-state index contributed by atoms with van der Waals surface area (Å²) in [4.78, 5) is 0.519. The normalized spacial score (nSPS) is 30.7. The van der Waals surface area contributed by atoms with E-state index in [1.165, 1.54) is 0 Å². The summed E-state index contributed by atoms with van der Waals surface area (Å²) in [5, 5.41) is 3.49. The summed E-state index contributed by atoms with van der Waals surface area (Å²) in [6, 6.07) is 7.84. The number of nitrogens with one attached hydrogen (secondary N) is 1. The Morgan fingerprint density at radius 3 is 2.81 bits per heavy atom. The van der Waals surface area contributed by atoms with Crippen molar-refractivity contribution in [2.24, 2.45) is 5.41 Å². The van der Waals surface area contributed by atoms with Gasteiger partial charge in [0.05, 0.1) is 17.3 Å². The van der Waals surface area contributed by atoms with E-state index in [1.807, 2.05) is 18.2 Å². The molecule has 1 saturated heterocycles. The first kappa shape index (κ1) is 15.0. The lowest BCUT2D eigenvalue weighted by atomic mass is 9.72. The molecule has 2 aliphatic rings. The van der Waals surface area contributed by atoms with Gasteiger partial charge in [0.15, 0.2) is 9.84 Å². The van der Waals surface area contributed by atoms with Gasteiger partial charge in [-0.05, 0) is 18.1 Å². The van der Waals surface area contributed by atoms with Crippen molar-refractivity contribution in [3.05, 3.63) is 29.8 Å². The van der Waals surface area contributed by atoms with Crippen molar-refractivity contribution in [2.45, 2.75) is 37.1 Å². The molecular weight excluding hydrogens is 286 g/mol. The van der Waals surface area contributed by atoms with Crippen molar-refractivity contribution in [1.29, 1.82) is 0 Å². The van der Waals surface area contributed by atoms with Crippen LogP contribution in [0.1, 0.15) is 31.7 Å². The van der Waals surface area contributed by atoms with Crippen molar-refractivity contribution >= 4 is 9.84 Å². The van der Waals surface area contributed by atoms with Crippen molar-refractivity contribution in [1.82, 2.24) is 5.32 Å². The van der Waals surface area contributed by atoms with Crippen LogP contribution >= 0.6 is 0 Å². The molecule has 1 fully saturated rings. The Balaban J connectivity index is 1.98. The van der Waals surface area contributed by atoms with E-state index < -0.39 is 9.84 Å². The molecule has 2 heterocycles. The largest absolute Gasteiger partial charge is 0.381 e. The fraction of sp³-hybridized carbons (Fsp3) is 0.625. The maximum Gasteiger partial charge on any atom is 0.179 e. The second-order valence-corrected chi connectivity index (χ2v) is 8.58. The molecular formula is C16H23NO3S. The molecule has 0 amide bonds. The molecule has 0 saturated carbocycles. The van der Waals surface area contributed by atoms with E-state index in [0.717, 1.165) is 25.1 Å². The monoisotopic (exact) mass is 309 g/mol. The highest BCUT2D eigenvalue weighted by Gasteiger charge is 2.49. The lowest BCUT2D eigenvalue weighted by molar-refractivity contribution is 0.134. The van der Waals surface area contributed by atoms with E-state index in [9.17, 15) is 8.42 Å². The minimum absolute atomic E-state index is 0.0347. The van der Waals surface area contributed by atoms with Gasteiger partial charge >= 0.3 is 0 Å². The molecule has 0 aliphatic carbocycles. The van der Waals surface area contributed by atoms with Crippen molar-refractivity contribution in [2.75, 3.05) is 25.5 Å². The second-order valence-electron chi connectivity index (χ2n) is 6.57. The van der Waals surface area contributed by atoms with Crippen LogP contribution in [0, 0.1) is 5.41 Å². The van der Waals surface area contributed by atoms with Crippen LogP contribution in [0.15, 0.2) is 29.2 Å². The average Bonchev–Trinajstić information content (AvgIpc) is 3.02. The predicted molar refractivity (Wildman–Crippen MR) is 82.2 cm³/mol. The first-order chi connectivity index (χ1) is 9.95. The molecule has 116 valence electrons. The zero-order valence-corrected chi connectivity index (χ0v) is 13.4. The highest BCUT2D eigenvalue weighted by Crippen LogP contribution is 2.49. The van der Waals surface area contributed by atoms with E-state index in [-0.39, 0.29) is 17.1 Å². The van der Waals surface area contributed by atoms with Gasteiger partial charge in [-0.3, -0.25) is 0 Å². The second kappa shape index (κ2) is 5.38. The Bertz CT molecular complexity index is 618. The van der Waals surface area contributed by atoms with Crippen LogP contribution in [0.4, 0.5) is 0 Å². The summed E-state index contributed by atoms with van der Waals surface area (Å²) >= 11 is 0. The SMILES string of the molecule is CC(C)NCC1(C2CS(=O)(=O)c3ccccc32)CCOC1. The van der Waals surface area contributed by atoms with Crippen LogP contribution in [0.5, 0.6) is 0 Å². The van der Waals surface area contributed by atoms with Crippen LogP contribution in [0.2, 0.25) is 0 Å². The molecule has 1 N–H and O–H groups in total. The Kier molecular flexibility index (Phi) is 3.84. The topological polar surface area (TPSA) is 55.4 Å². The Hall–Kier alpha value is -0.910. The lowest BCUT2D eigenvalue weighted by Crippen LogP contribution is -2.42. The van der Waals surface area contributed by atoms with Gasteiger partial charge in [0, 0.05) is 30.5 Å². The number of rotatable bonds is 4. The number of hydrogen-bond acceptors (Lipinski definition) is 4. The Labute approximate surface area is 126 Å². The van der Waals surface area contributed by atoms with E-state index in [1.54, 1.807) is 6.07 Å². The van der Waals surface area contributed by atoms with E-state index >= 15 is 0 Å². The van der Waals surface area contributed by atoms with E-state index in [4.69, 9.17) is 4.74 Å². The number of fused-ring (bicyclic) bond motifs is 1. The highest BCUT2D eigenvalue weighted by molar-refractivity contribution is 7.91. The predicted octanol–water partition coefficient (Wildman–Crippen LogP) is 1.96. The zero-order chi connectivity index (χ0) is 15.1. The fourth-order valence-corrected chi connectivity index (χ4v) is 5.53. The molecule has 1 aromatic carbocycles. The molecule has 4 nitrogen and oxygen atoms in total. The van der Waals surface area contributed by atoms with Crippen LogP contribution in [0.25, 0.3) is 0 Å². The van der Waals surface area contributed by atoms with Crippen molar-refractivity contribution in [3.63, 3.8) is 0 Å². The molecule has 5 heteroatoms. The Morgan fingerprint density at radius 1 is 1.38 bits per heavy atom. The number of ether oxygens (including phenoxy) is 1. The fourth-order valence-electron chi connectivity index (χ4n) is 3.53. The molecule has 0 spiro atoms. The molecule has 0 aromatic heterocycles. The molecule has 1 aromatic rings. The van der Waals surface area contributed by atoms with Gasteiger partial charge in [-0.25, -0.2) is 8.42 Å². The first-order valence-electron chi connectivity index (χ1n) is 7.57. The van der Waals surface area contributed by atoms with E-state index in [0.29, 0.717) is 17.5 Å². The van der Waals surface area contributed by atoms with Crippen molar-refractivity contribution in [3.8, 4) is 0 Å². The number of sulfone groups is 1. The van der Waals surface area contributed by atoms with Gasteiger partial charge in [0.25, 0.3) is 0 Å². The Morgan fingerprint density at radius 2 is 2.14 bits per heavy atom. The summed E-state index contributed by atoms with van der Waals surface area (Å²) in [6.45, 7) is 6.39. The molecule has 2 atom stereocenters. The third-order valence-electron chi connectivity index (χ3n) is 4.75. The molecule has 3 rings (SSSR count). The van der Waals surface area contributed by atoms with Gasteiger partial charge in [-0.1, -0.05) is 32.0 Å². The minimum Gasteiger partial charge on any atom is -0.381 e.